The van der Waals surface area contributed by atoms with Crippen LogP contribution < -0.4 is 5.73 Å². The van der Waals surface area contributed by atoms with Crippen LogP contribution >= 0.6 is 0 Å². The molecule has 0 atom stereocenters. The van der Waals surface area contributed by atoms with Gasteiger partial charge >= 0.3 is 0 Å². The number of nitrogen functional groups attached to an aromatic ring is 1. The number of fused-ring (bicyclic) bond motifs is 2. The lowest BCUT2D eigenvalue weighted by atomic mass is 10.0. The van der Waals surface area contributed by atoms with E-state index in [0.29, 0.717) is 5.82 Å². The van der Waals surface area contributed by atoms with Gasteiger partial charge < -0.3 is 5.73 Å². The van der Waals surface area contributed by atoms with Crippen molar-refractivity contribution in [3.05, 3.63) is 42.9 Å². The van der Waals surface area contributed by atoms with E-state index >= 15 is 0 Å². The van der Waals surface area contributed by atoms with Gasteiger partial charge in [0.1, 0.15) is 17.8 Å². The van der Waals surface area contributed by atoms with Crippen LogP contribution in [0.25, 0.3) is 33.2 Å². The van der Waals surface area contributed by atoms with Gasteiger partial charge in [-0.05, 0) is 32.9 Å². The van der Waals surface area contributed by atoms with E-state index in [1.54, 1.807) is 6.20 Å². The summed E-state index contributed by atoms with van der Waals surface area (Å²) < 4.78 is 1.91. The fraction of sp³-hybridized carbons (Fsp3) is 0.222. The monoisotopic (exact) mass is 318 g/mol. The standard InChI is InChI=1S/C18H18N6/c1-18(2,3)24-17-14(16(19)21-10-22-17)15(23-24)12-8-9-20-13-7-5-4-6-11(12)13/h4-10H,1-3H3,(H2,19,21,22). The Bertz CT molecular complexity index is 1050. The Labute approximate surface area is 139 Å². The molecule has 3 heterocycles. The van der Waals surface area contributed by atoms with Crippen molar-refractivity contribution in [1.82, 2.24) is 24.7 Å². The smallest absolute Gasteiger partial charge is 0.164 e. The van der Waals surface area contributed by atoms with E-state index in [1.807, 2.05) is 35.0 Å². The van der Waals surface area contributed by atoms with Gasteiger partial charge in [0, 0.05) is 17.1 Å². The van der Waals surface area contributed by atoms with Crippen molar-refractivity contribution in [2.75, 3.05) is 5.73 Å². The molecule has 120 valence electrons. The minimum Gasteiger partial charge on any atom is -0.383 e. The predicted octanol–water partition coefficient (Wildman–Crippen LogP) is 3.38. The van der Waals surface area contributed by atoms with E-state index in [2.05, 4.69) is 35.7 Å². The van der Waals surface area contributed by atoms with Crippen LogP contribution in [0, 0.1) is 0 Å². The molecule has 0 radical (unpaired) electrons. The van der Waals surface area contributed by atoms with Crippen molar-refractivity contribution in [2.24, 2.45) is 0 Å². The number of benzene rings is 1. The lowest BCUT2D eigenvalue weighted by molar-refractivity contribution is 0.367. The Morgan fingerprint density at radius 1 is 1.00 bits per heavy atom. The summed E-state index contributed by atoms with van der Waals surface area (Å²) in [4.78, 5) is 13.0. The number of pyridine rings is 1. The zero-order valence-corrected chi connectivity index (χ0v) is 13.9. The molecule has 6 heteroatoms. The van der Waals surface area contributed by atoms with Crippen molar-refractivity contribution in [3.63, 3.8) is 0 Å². The summed E-state index contributed by atoms with van der Waals surface area (Å²) in [5.41, 5.74) is 9.38. The van der Waals surface area contributed by atoms with E-state index in [1.165, 1.54) is 6.33 Å². The molecule has 0 aliphatic carbocycles. The number of rotatable bonds is 1. The van der Waals surface area contributed by atoms with Gasteiger partial charge in [0.25, 0.3) is 0 Å². The largest absolute Gasteiger partial charge is 0.383 e. The molecule has 0 amide bonds. The molecule has 0 saturated carbocycles. The normalized spacial score (nSPS) is 12.1. The highest BCUT2D eigenvalue weighted by molar-refractivity contribution is 6.05. The summed E-state index contributed by atoms with van der Waals surface area (Å²) in [6.45, 7) is 6.27. The van der Waals surface area contributed by atoms with Crippen molar-refractivity contribution in [1.29, 1.82) is 0 Å². The summed E-state index contributed by atoms with van der Waals surface area (Å²) in [6, 6.07) is 9.96. The topological polar surface area (TPSA) is 82.5 Å². The molecule has 0 bridgehead atoms. The van der Waals surface area contributed by atoms with Gasteiger partial charge in [0.15, 0.2) is 5.65 Å². The number of nitrogens with two attached hydrogens (primary N) is 1. The number of hydrogen-bond donors (Lipinski definition) is 1. The van der Waals surface area contributed by atoms with Gasteiger partial charge in [-0.15, -0.1) is 0 Å². The lowest BCUT2D eigenvalue weighted by Crippen LogP contribution is -2.23. The molecular weight excluding hydrogens is 300 g/mol. The molecule has 0 aliphatic rings. The Morgan fingerprint density at radius 3 is 2.58 bits per heavy atom. The van der Waals surface area contributed by atoms with Crippen molar-refractivity contribution in [2.45, 2.75) is 26.3 Å². The maximum Gasteiger partial charge on any atom is 0.164 e. The van der Waals surface area contributed by atoms with E-state index in [-0.39, 0.29) is 5.54 Å². The molecule has 24 heavy (non-hydrogen) atoms. The molecule has 0 saturated heterocycles. The second-order valence-electron chi connectivity index (χ2n) is 6.76. The summed E-state index contributed by atoms with van der Waals surface area (Å²) in [5, 5.41) is 6.66. The first kappa shape index (κ1) is 14.6. The van der Waals surface area contributed by atoms with Gasteiger partial charge in [-0.25, -0.2) is 14.6 Å². The number of anilines is 1. The van der Waals surface area contributed by atoms with Gasteiger partial charge in [0.2, 0.25) is 0 Å². The van der Waals surface area contributed by atoms with Crippen LogP contribution in [-0.2, 0) is 5.54 Å². The minimum atomic E-state index is -0.222. The van der Waals surface area contributed by atoms with Gasteiger partial charge in [-0.1, -0.05) is 18.2 Å². The van der Waals surface area contributed by atoms with Crippen LogP contribution in [0.3, 0.4) is 0 Å². The maximum absolute atomic E-state index is 6.17. The zero-order chi connectivity index (χ0) is 16.9. The highest BCUT2D eigenvalue weighted by Gasteiger charge is 2.24. The van der Waals surface area contributed by atoms with Crippen molar-refractivity contribution < 1.29 is 0 Å². The van der Waals surface area contributed by atoms with Crippen LogP contribution in [0.5, 0.6) is 0 Å². The molecule has 0 unspecified atom stereocenters. The third-order valence-electron chi connectivity index (χ3n) is 4.03. The molecule has 6 nitrogen and oxygen atoms in total. The summed E-state index contributed by atoms with van der Waals surface area (Å²) in [7, 11) is 0. The van der Waals surface area contributed by atoms with E-state index in [0.717, 1.165) is 33.2 Å². The minimum absolute atomic E-state index is 0.222. The predicted molar refractivity (Wildman–Crippen MR) is 95.5 cm³/mol. The summed E-state index contributed by atoms with van der Waals surface area (Å²) in [6.07, 6.45) is 3.27. The second kappa shape index (κ2) is 4.99. The molecule has 4 aromatic rings. The third-order valence-corrected chi connectivity index (χ3v) is 4.03. The van der Waals surface area contributed by atoms with Gasteiger partial charge in [-0.2, -0.15) is 5.10 Å². The number of aromatic nitrogens is 5. The van der Waals surface area contributed by atoms with Crippen molar-refractivity contribution in [3.8, 4) is 11.3 Å². The number of nitrogens with zero attached hydrogens (tertiary/aromatic N) is 5. The molecule has 0 fully saturated rings. The first-order valence-corrected chi connectivity index (χ1v) is 7.80. The average molecular weight is 318 g/mol. The summed E-state index contributed by atoms with van der Waals surface area (Å²) in [5.74, 6) is 0.436. The molecule has 3 aromatic heterocycles. The fourth-order valence-corrected chi connectivity index (χ4v) is 2.93. The molecule has 0 aliphatic heterocycles. The van der Waals surface area contributed by atoms with Crippen LogP contribution in [-0.4, -0.2) is 24.7 Å². The maximum atomic E-state index is 6.17. The van der Waals surface area contributed by atoms with Crippen LogP contribution in [0.4, 0.5) is 5.82 Å². The van der Waals surface area contributed by atoms with Crippen LogP contribution in [0.15, 0.2) is 42.9 Å². The lowest BCUT2D eigenvalue weighted by Gasteiger charge is -2.19. The summed E-state index contributed by atoms with van der Waals surface area (Å²) >= 11 is 0. The highest BCUT2D eigenvalue weighted by atomic mass is 15.3. The average Bonchev–Trinajstić information content (AvgIpc) is 2.95. The quantitative estimate of drug-likeness (QED) is 0.582. The molecular formula is C18H18N6. The fourth-order valence-electron chi connectivity index (χ4n) is 2.93. The SMILES string of the molecule is CC(C)(C)n1nc(-c2ccnc3ccccc23)c2c(N)ncnc21. The number of hydrogen-bond acceptors (Lipinski definition) is 5. The first-order chi connectivity index (χ1) is 11.5. The Balaban J connectivity index is 2.14. The van der Waals surface area contributed by atoms with Crippen LogP contribution in [0.2, 0.25) is 0 Å². The van der Waals surface area contributed by atoms with E-state index in [9.17, 15) is 0 Å². The molecule has 4 rings (SSSR count). The third kappa shape index (κ3) is 2.11. The Morgan fingerprint density at radius 2 is 1.79 bits per heavy atom. The van der Waals surface area contributed by atoms with Crippen molar-refractivity contribution >= 4 is 27.8 Å². The zero-order valence-electron chi connectivity index (χ0n) is 13.9. The second-order valence-corrected chi connectivity index (χ2v) is 6.76. The Kier molecular flexibility index (Phi) is 3.03. The first-order valence-electron chi connectivity index (χ1n) is 7.80. The van der Waals surface area contributed by atoms with E-state index in [4.69, 9.17) is 10.8 Å². The molecule has 2 N–H and O–H groups in total. The van der Waals surface area contributed by atoms with E-state index < -0.39 is 0 Å². The van der Waals surface area contributed by atoms with Gasteiger partial charge in [0.05, 0.1) is 16.4 Å². The number of para-hydroxylation sites is 1. The Hall–Kier alpha value is -3.02. The molecule has 0 spiro atoms. The van der Waals surface area contributed by atoms with Gasteiger partial charge in [-0.3, -0.25) is 4.98 Å². The van der Waals surface area contributed by atoms with Crippen LogP contribution in [0.1, 0.15) is 20.8 Å². The molecule has 1 aromatic carbocycles. The highest BCUT2D eigenvalue weighted by Crippen LogP contribution is 2.35.